The van der Waals surface area contributed by atoms with Crippen LogP contribution >= 0.6 is 12.2 Å². The summed E-state index contributed by atoms with van der Waals surface area (Å²) < 4.78 is 0. The van der Waals surface area contributed by atoms with Crippen LogP contribution in [0.1, 0.15) is 6.92 Å². The van der Waals surface area contributed by atoms with E-state index in [0.29, 0.717) is 5.11 Å². The van der Waals surface area contributed by atoms with Gasteiger partial charge in [0.15, 0.2) is 5.11 Å². The van der Waals surface area contributed by atoms with Crippen molar-refractivity contribution in [1.82, 2.24) is 5.32 Å². The van der Waals surface area contributed by atoms with Crippen molar-refractivity contribution in [2.45, 2.75) is 13.0 Å². The molecule has 1 amide bonds. The zero-order valence-corrected chi connectivity index (χ0v) is 10.7. The van der Waals surface area contributed by atoms with Crippen molar-refractivity contribution in [1.29, 1.82) is 0 Å². The molecule has 0 unspecified atom stereocenters. The van der Waals surface area contributed by atoms with Crippen molar-refractivity contribution in [2.24, 2.45) is 0 Å². The minimum absolute atomic E-state index is 0.00338. The van der Waals surface area contributed by atoms with Crippen LogP contribution in [-0.2, 0) is 4.79 Å². The van der Waals surface area contributed by atoms with Gasteiger partial charge in [-0.25, -0.2) is 0 Å². The van der Waals surface area contributed by atoms with Crippen LogP contribution in [0.15, 0.2) is 42.5 Å². The first kappa shape index (κ1) is 11.2. The van der Waals surface area contributed by atoms with Crippen molar-refractivity contribution >= 4 is 39.7 Å². The van der Waals surface area contributed by atoms with Gasteiger partial charge in [0.1, 0.15) is 6.04 Å². The fourth-order valence-electron chi connectivity index (χ4n) is 2.24. The van der Waals surface area contributed by atoms with Gasteiger partial charge in [-0.2, -0.15) is 0 Å². The molecule has 1 fully saturated rings. The molecule has 0 aromatic heterocycles. The van der Waals surface area contributed by atoms with Crippen molar-refractivity contribution in [3.8, 4) is 0 Å². The molecular weight excluding hydrogens is 244 g/mol. The van der Waals surface area contributed by atoms with Crippen LogP contribution in [0, 0.1) is 0 Å². The van der Waals surface area contributed by atoms with Crippen LogP contribution in [0.25, 0.3) is 10.8 Å². The maximum atomic E-state index is 12.1. The molecule has 0 spiro atoms. The summed E-state index contributed by atoms with van der Waals surface area (Å²) in [5.74, 6) is -0.00338. The highest BCUT2D eigenvalue weighted by molar-refractivity contribution is 7.80. The first-order valence-electron chi connectivity index (χ1n) is 5.81. The molecule has 3 nitrogen and oxygen atoms in total. The van der Waals surface area contributed by atoms with E-state index >= 15 is 0 Å². The average Bonchev–Trinajstić information content (AvgIpc) is 2.63. The Labute approximate surface area is 110 Å². The van der Waals surface area contributed by atoms with Gasteiger partial charge in [-0.3, -0.25) is 9.69 Å². The number of amides is 1. The lowest BCUT2D eigenvalue weighted by Gasteiger charge is -2.17. The van der Waals surface area contributed by atoms with Crippen molar-refractivity contribution < 1.29 is 4.79 Å². The van der Waals surface area contributed by atoms with Crippen LogP contribution in [0.2, 0.25) is 0 Å². The van der Waals surface area contributed by atoms with E-state index in [1.165, 1.54) is 0 Å². The number of nitrogens with one attached hydrogen (secondary N) is 1. The maximum Gasteiger partial charge on any atom is 0.255 e. The van der Waals surface area contributed by atoms with E-state index in [2.05, 4.69) is 5.32 Å². The number of fused-ring (bicyclic) bond motifs is 1. The molecule has 2 aromatic carbocycles. The lowest BCUT2D eigenvalue weighted by Crippen LogP contribution is -2.30. The minimum atomic E-state index is -0.253. The van der Waals surface area contributed by atoms with Gasteiger partial charge in [-0.15, -0.1) is 0 Å². The molecule has 0 aliphatic carbocycles. The highest BCUT2D eigenvalue weighted by Crippen LogP contribution is 2.28. The van der Waals surface area contributed by atoms with Crippen molar-refractivity contribution in [2.75, 3.05) is 4.90 Å². The Morgan fingerprint density at radius 2 is 1.89 bits per heavy atom. The molecule has 3 rings (SSSR count). The Kier molecular flexibility index (Phi) is 2.52. The molecule has 0 saturated carbocycles. The molecule has 4 heteroatoms. The largest absolute Gasteiger partial charge is 0.350 e. The van der Waals surface area contributed by atoms with Gasteiger partial charge < -0.3 is 5.32 Å². The van der Waals surface area contributed by atoms with Gasteiger partial charge in [0.05, 0.1) is 5.69 Å². The zero-order chi connectivity index (χ0) is 12.7. The summed E-state index contributed by atoms with van der Waals surface area (Å²) in [7, 11) is 0. The molecule has 2 aromatic rings. The molecule has 1 aliphatic rings. The van der Waals surface area contributed by atoms with E-state index in [9.17, 15) is 4.79 Å². The quantitative estimate of drug-likeness (QED) is 0.795. The first-order chi connectivity index (χ1) is 8.68. The van der Waals surface area contributed by atoms with E-state index in [1.807, 2.05) is 49.4 Å². The molecular formula is C14H12N2OS. The number of carbonyl (C=O) groups excluding carboxylic acids is 1. The molecule has 1 N–H and O–H groups in total. The van der Waals surface area contributed by atoms with Crippen LogP contribution in [-0.4, -0.2) is 17.1 Å². The van der Waals surface area contributed by atoms with Crippen molar-refractivity contribution in [3.05, 3.63) is 42.5 Å². The smallest absolute Gasteiger partial charge is 0.255 e. The van der Waals surface area contributed by atoms with E-state index < -0.39 is 0 Å². The molecule has 18 heavy (non-hydrogen) atoms. The second-order valence-corrected chi connectivity index (χ2v) is 4.73. The summed E-state index contributed by atoms with van der Waals surface area (Å²) in [6.07, 6.45) is 0. The van der Waals surface area contributed by atoms with E-state index in [1.54, 1.807) is 4.90 Å². The number of hydrogen-bond donors (Lipinski definition) is 1. The van der Waals surface area contributed by atoms with Gasteiger partial charge in [-0.1, -0.05) is 36.4 Å². The molecule has 1 aliphatic heterocycles. The van der Waals surface area contributed by atoms with Gasteiger partial charge in [0, 0.05) is 5.39 Å². The third-order valence-corrected chi connectivity index (χ3v) is 3.44. The van der Waals surface area contributed by atoms with E-state index in [4.69, 9.17) is 12.2 Å². The SMILES string of the molecule is C[C@@H]1NC(=S)N(c2cccc3ccccc23)C1=O. The second kappa shape index (κ2) is 4.07. The Balaban J connectivity index is 2.21. The van der Waals surface area contributed by atoms with Crippen LogP contribution in [0.5, 0.6) is 0 Å². The second-order valence-electron chi connectivity index (χ2n) is 4.34. The maximum absolute atomic E-state index is 12.1. The molecule has 0 bridgehead atoms. The lowest BCUT2D eigenvalue weighted by molar-refractivity contribution is -0.117. The fraction of sp³-hybridized carbons (Fsp3) is 0.143. The lowest BCUT2D eigenvalue weighted by atomic mass is 10.1. The van der Waals surface area contributed by atoms with E-state index in [0.717, 1.165) is 16.5 Å². The Hall–Kier alpha value is -1.94. The Morgan fingerprint density at radius 1 is 1.17 bits per heavy atom. The van der Waals surface area contributed by atoms with Crippen LogP contribution in [0.3, 0.4) is 0 Å². The summed E-state index contributed by atoms with van der Waals surface area (Å²) in [4.78, 5) is 13.7. The number of benzene rings is 2. The zero-order valence-electron chi connectivity index (χ0n) is 9.88. The summed E-state index contributed by atoms with van der Waals surface area (Å²) in [6, 6.07) is 13.6. The first-order valence-corrected chi connectivity index (χ1v) is 6.21. The fourth-order valence-corrected chi connectivity index (χ4v) is 2.60. The Bertz CT molecular complexity index is 648. The number of nitrogens with zero attached hydrogens (tertiary/aromatic N) is 1. The molecule has 1 heterocycles. The van der Waals surface area contributed by atoms with Gasteiger partial charge >= 0.3 is 0 Å². The van der Waals surface area contributed by atoms with Gasteiger partial charge in [0.2, 0.25) is 0 Å². The van der Waals surface area contributed by atoms with Gasteiger partial charge in [0.25, 0.3) is 5.91 Å². The number of thiocarbonyl (C=S) groups is 1. The number of carbonyl (C=O) groups is 1. The summed E-state index contributed by atoms with van der Waals surface area (Å²) in [5, 5.41) is 5.60. The summed E-state index contributed by atoms with van der Waals surface area (Å²) in [6.45, 7) is 1.82. The molecule has 0 radical (unpaired) electrons. The highest BCUT2D eigenvalue weighted by atomic mass is 32.1. The number of anilines is 1. The third-order valence-electron chi connectivity index (χ3n) is 3.14. The third kappa shape index (κ3) is 1.57. The predicted octanol–water partition coefficient (Wildman–Crippen LogP) is 2.45. The minimum Gasteiger partial charge on any atom is -0.350 e. The van der Waals surface area contributed by atoms with Crippen molar-refractivity contribution in [3.63, 3.8) is 0 Å². The molecule has 90 valence electrons. The summed E-state index contributed by atoms with van der Waals surface area (Å²) in [5.41, 5.74) is 0.847. The standard InChI is InChI=1S/C14H12N2OS/c1-9-13(17)16(14(18)15-9)12-8-4-6-10-5-2-3-7-11(10)12/h2-9H,1H3,(H,15,18)/t9-/m0/s1. The van der Waals surface area contributed by atoms with E-state index in [-0.39, 0.29) is 11.9 Å². The predicted molar refractivity (Wildman–Crippen MR) is 76.6 cm³/mol. The Morgan fingerprint density at radius 3 is 2.61 bits per heavy atom. The number of rotatable bonds is 1. The van der Waals surface area contributed by atoms with Crippen LogP contribution < -0.4 is 10.2 Å². The normalized spacial score (nSPS) is 19.4. The number of hydrogen-bond acceptors (Lipinski definition) is 2. The monoisotopic (exact) mass is 256 g/mol. The highest BCUT2D eigenvalue weighted by Gasteiger charge is 2.33. The molecule has 1 atom stereocenters. The molecule has 1 saturated heterocycles. The van der Waals surface area contributed by atoms with Crippen LogP contribution in [0.4, 0.5) is 5.69 Å². The summed E-state index contributed by atoms with van der Waals surface area (Å²) >= 11 is 5.23. The van der Waals surface area contributed by atoms with Gasteiger partial charge in [-0.05, 0) is 30.6 Å². The topological polar surface area (TPSA) is 32.3 Å². The average molecular weight is 256 g/mol.